The zero-order chi connectivity index (χ0) is 15.6. The SMILES string of the molecule is CCN(C1CC1)S(=O)(=O)c1cc(CNC(C)C)n(CC)c1. The number of aromatic nitrogens is 1. The smallest absolute Gasteiger partial charge is 0.244 e. The van der Waals surface area contributed by atoms with Crippen molar-refractivity contribution in [3.05, 3.63) is 18.0 Å². The van der Waals surface area contributed by atoms with Crippen LogP contribution in [0, 0.1) is 0 Å². The molecular weight excluding hydrogens is 286 g/mol. The quantitative estimate of drug-likeness (QED) is 0.800. The molecule has 0 atom stereocenters. The van der Waals surface area contributed by atoms with Crippen molar-refractivity contribution in [1.82, 2.24) is 14.2 Å². The summed E-state index contributed by atoms with van der Waals surface area (Å²) in [6.45, 7) is 10.1. The number of aryl methyl sites for hydroxylation is 1. The van der Waals surface area contributed by atoms with Gasteiger partial charge in [0.05, 0.1) is 0 Å². The van der Waals surface area contributed by atoms with Crippen molar-refractivity contribution < 1.29 is 8.42 Å². The van der Waals surface area contributed by atoms with Crippen LogP contribution >= 0.6 is 0 Å². The van der Waals surface area contributed by atoms with Crippen molar-refractivity contribution in [2.45, 2.75) is 70.6 Å². The summed E-state index contributed by atoms with van der Waals surface area (Å²) in [5, 5.41) is 3.35. The third-order valence-corrected chi connectivity index (χ3v) is 5.86. The maximum atomic E-state index is 12.8. The van der Waals surface area contributed by atoms with Crippen LogP contribution in [0.2, 0.25) is 0 Å². The van der Waals surface area contributed by atoms with Crippen LogP contribution in [0.3, 0.4) is 0 Å². The minimum atomic E-state index is -3.35. The molecule has 5 nitrogen and oxygen atoms in total. The summed E-state index contributed by atoms with van der Waals surface area (Å²) in [5.74, 6) is 0. The number of nitrogens with one attached hydrogen (secondary N) is 1. The molecule has 0 unspecified atom stereocenters. The first kappa shape index (κ1) is 16.5. The van der Waals surface area contributed by atoms with Crippen molar-refractivity contribution in [2.75, 3.05) is 6.54 Å². The Bertz CT molecular complexity index is 574. The summed E-state index contributed by atoms with van der Waals surface area (Å²) < 4.78 is 29.2. The van der Waals surface area contributed by atoms with E-state index in [4.69, 9.17) is 0 Å². The number of hydrogen-bond donors (Lipinski definition) is 1. The van der Waals surface area contributed by atoms with Gasteiger partial charge in [-0.3, -0.25) is 0 Å². The lowest BCUT2D eigenvalue weighted by Gasteiger charge is -2.18. The van der Waals surface area contributed by atoms with Crippen LogP contribution in [0.4, 0.5) is 0 Å². The van der Waals surface area contributed by atoms with Crippen molar-refractivity contribution in [3.63, 3.8) is 0 Å². The molecule has 1 fully saturated rings. The fraction of sp³-hybridized carbons (Fsp3) is 0.733. The monoisotopic (exact) mass is 313 g/mol. The van der Waals surface area contributed by atoms with E-state index < -0.39 is 10.0 Å². The summed E-state index contributed by atoms with van der Waals surface area (Å²) in [6.07, 6.45) is 3.75. The summed E-state index contributed by atoms with van der Waals surface area (Å²) in [4.78, 5) is 0.429. The van der Waals surface area contributed by atoms with Gasteiger partial charge in [-0.05, 0) is 25.8 Å². The molecule has 1 N–H and O–H groups in total. The van der Waals surface area contributed by atoms with Crippen molar-refractivity contribution in [1.29, 1.82) is 0 Å². The highest BCUT2D eigenvalue weighted by Gasteiger charge is 2.37. The van der Waals surface area contributed by atoms with E-state index in [-0.39, 0.29) is 6.04 Å². The van der Waals surface area contributed by atoms with Crippen molar-refractivity contribution >= 4 is 10.0 Å². The summed E-state index contributed by atoms with van der Waals surface area (Å²) in [6, 6.07) is 2.41. The van der Waals surface area contributed by atoms with Crippen molar-refractivity contribution in [2.24, 2.45) is 0 Å². The minimum Gasteiger partial charge on any atom is -0.349 e. The average Bonchev–Trinajstić information content (AvgIpc) is 3.15. The molecule has 120 valence electrons. The van der Waals surface area contributed by atoms with Gasteiger partial charge in [0.25, 0.3) is 0 Å². The van der Waals surface area contributed by atoms with Crippen LogP contribution in [0.1, 0.15) is 46.2 Å². The molecule has 6 heteroatoms. The lowest BCUT2D eigenvalue weighted by atomic mass is 10.3. The second kappa shape index (κ2) is 6.50. The Balaban J connectivity index is 2.26. The minimum absolute atomic E-state index is 0.210. The highest BCUT2D eigenvalue weighted by Crippen LogP contribution is 2.32. The van der Waals surface area contributed by atoms with Gasteiger partial charge in [-0.25, -0.2) is 8.42 Å². The summed E-state index contributed by atoms with van der Waals surface area (Å²) >= 11 is 0. The Labute approximate surface area is 128 Å². The number of rotatable bonds is 8. The van der Waals surface area contributed by atoms with E-state index >= 15 is 0 Å². The molecule has 1 aliphatic rings. The molecular formula is C15H27N3O2S. The molecule has 0 aliphatic heterocycles. The molecule has 21 heavy (non-hydrogen) atoms. The number of nitrogens with zero attached hydrogens (tertiary/aromatic N) is 2. The highest BCUT2D eigenvalue weighted by atomic mass is 32.2. The maximum Gasteiger partial charge on any atom is 0.244 e. The molecule has 1 aromatic rings. The van der Waals surface area contributed by atoms with Gasteiger partial charge in [0.1, 0.15) is 4.90 Å². The van der Waals surface area contributed by atoms with E-state index in [0.29, 0.717) is 24.0 Å². The van der Waals surface area contributed by atoms with E-state index in [0.717, 1.165) is 25.1 Å². The lowest BCUT2D eigenvalue weighted by Crippen LogP contribution is -2.32. The van der Waals surface area contributed by atoms with Gasteiger partial charge < -0.3 is 9.88 Å². The van der Waals surface area contributed by atoms with E-state index in [2.05, 4.69) is 19.2 Å². The predicted molar refractivity (Wildman–Crippen MR) is 84.7 cm³/mol. The predicted octanol–water partition coefficient (Wildman–Crippen LogP) is 2.18. The Hall–Kier alpha value is -0.850. The molecule has 0 saturated heterocycles. The van der Waals surface area contributed by atoms with Gasteiger partial charge in [0.2, 0.25) is 10.0 Å². The van der Waals surface area contributed by atoms with Gasteiger partial charge in [-0.2, -0.15) is 4.31 Å². The van der Waals surface area contributed by atoms with Gasteiger partial charge >= 0.3 is 0 Å². The third kappa shape index (κ3) is 3.67. The highest BCUT2D eigenvalue weighted by molar-refractivity contribution is 7.89. The molecule has 1 aromatic heterocycles. The van der Waals surface area contributed by atoms with Gasteiger partial charge in [0.15, 0.2) is 0 Å². The van der Waals surface area contributed by atoms with Crippen LogP contribution in [0.15, 0.2) is 17.2 Å². The first-order valence-electron chi connectivity index (χ1n) is 7.84. The largest absolute Gasteiger partial charge is 0.349 e. The number of sulfonamides is 1. The van der Waals surface area contributed by atoms with Crippen LogP contribution in [0.5, 0.6) is 0 Å². The topological polar surface area (TPSA) is 54.3 Å². The Morgan fingerprint density at radius 3 is 2.52 bits per heavy atom. The lowest BCUT2D eigenvalue weighted by molar-refractivity contribution is 0.421. The molecule has 0 amide bonds. The Kier molecular flexibility index (Phi) is 5.11. The zero-order valence-corrected chi connectivity index (χ0v) is 14.3. The Morgan fingerprint density at radius 1 is 1.38 bits per heavy atom. The van der Waals surface area contributed by atoms with E-state index in [1.165, 1.54) is 0 Å². The molecule has 0 aromatic carbocycles. The van der Waals surface area contributed by atoms with Gasteiger partial charge in [0, 0.05) is 43.6 Å². The Morgan fingerprint density at radius 2 is 2.05 bits per heavy atom. The van der Waals surface area contributed by atoms with Crippen LogP contribution in [-0.2, 0) is 23.1 Å². The van der Waals surface area contributed by atoms with E-state index in [9.17, 15) is 8.42 Å². The molecule has 2 rings (SSSR count). The molecule has 0 spiro atoms. The molecule has 1 aliphatic carbocycles. The second-order valence-corrected chi connectivity index (χ2v) is 7.82. The molecule has 1 saturated carbocycles. The van der Waals surface area contributed by atoms with E-state index in [1.54, 1.807) is 10.5 Å². The van der Waals surface area contributed by atoms with Crippen LogP contribution in [0.25, 0.3) is 0 Å². The van der Waals surface area contributed by atoms with Gasteiger partial charge in [-0.15, -0.1) is 0 Å². The van der Waals surface area contributed by atoms with Gasteiger partial charge in [-0.1, -0.05) is 20.8 Å². The first-order valence-corrected chi connectivity index (χ1v) is 9.28. The van der Waals surface area contributed by atoms with Crippen LogP contribution in [-0.4, -0.2) is 35.9 Å². The molecule has 0 radical (unpaired) electrons. The zero-order valence-electron chi connectivity index (χ0n) is 13.5. The van der Waals surface area contributed by atoms with Crippen LogP contribution < -0.4 is 5.32 Å². The molecule has 1 heterocycles. The second-order valence-electron chi connectivity index (χ2n) is 5.93. The standard InChI is InChI=1S/C15H27N3O2S/c1-5-17-11-15(9-14(17)10-16-12(3)4)21(19,20)18(6-2)13-7-8-13/h9,11-13,16H,5-8,10H2,1-4H3. The van der Waals surface area contributed by atoms with E-state index in [1.807, 2.05) is 24.5 Å². The summed E-state index contributed by atoms with van der Waals surface area (Å²) in [7, 11) is -3.35. The fourth-order valence-electron chi connectivity index (χ4n) is 2.54. The first-order chi connectivity index (χ1) is 9.90. The third-order valence-electron chi connectivity index (χ3n) is 3.87. The number of hydrogen-bond acceptors (Lipinski definition) is 3. The fourth-order valence-corrected chi connectivity index (χ4v) is 4.30. The maximum absolute atomic E-state index is 12.8. The van der Waals surface area contributed by atoms with Crippen molar-refractivity contribution in [3.8, 4) is 0 Å². The average molecular weight is 313 g/mol. The summed E-state index contributed by atoms with van der Waals surface area (Å²) in [5.41, 5.74) is 1.02. The normalized spacial score (nSPS) is 16.1. The molecule has 0 bridgehead atoms.